The summed E-state index contributed by atoms with van der Waals surface area (Å²) in [6, 6.07) is 0. The smallest absolute Gasteiger partial charge is 0.0236 e. The van der Waals surface area contributed by atoms with Crippen LogP contribution in [-0.4, -0.2) is 0 Å². The van der Waals surface area contributed by atoms with Gasteiger partial charge in [0, 0.05) is 0 Å². The molecule has 0 rings (SSSR count). The standard InChI is InChI=1S/C18H36/c1-4-7-8-9-10-11-12-13-14-15-17-18(6-3)16-5-2/h6,18H,3-5,7-17H2,1-2H3. The Bertz CT molecular complexity index is 159. The third-order valence-electron chi connectivity index (χ3n) is 3.92. The van der Waals surface area contributed by atoms with Crippen LogP contribution in [0.3, 0.4) is 0 Å². The predicted molar refractivity (Wildman–Crippen MR) is 85.1 cm³/mol. The van der Waals surface area contributed by atoms with Crippen molar-refractivity contribution in [2.75, 3.05) is 0 Å². The number of hydrogen-bond donors (Lipinski definition) is 0. The van der Waals surface area contributed by atoms with E-state index in [1.54, 1.807) is 0 Å². The quantitative estimate of drug-likeness (QED) is 0.233. The van der Waals surface area contributed by atoms with Crippen LogP contribution in [0.2, 0.25) is 0 Å². The largest absolute Gasteiger partial charge is 0.103 e. The van der Waals surface area contributed by atoms with E-state index in [0.717, 1.165) is 5.92 Å². The molecule has 0 heteroatoms. The van der Waals surface area contributed by atoms with E-state index < -0.39 is 0 Å². The Morgan fingerprint density at radius 1 is 0.667 bits per heavy atom. The van der Waals surface area contributed by atoms with Crippen molar-refractivity contribution in [1.29, 1.82) is 0 Å². The van der Waals surface area contributed by atoms with Crippen LogP contribution in [0.1, 0.15) is 97.3 Å². The van der Waals surface area contributed by atoms with Crippen LogP contribution in [-0.2, 0) is 0 Å². The third-order valence-corrected chi connectivity index (χ3v) is 3.92. The van der Waals surface area contributed by atoms with E-state index in [0.29, 0.717) is 0 Å². The molecule has 0 nitrogen and oxygen atoms in total. The molecule has 0 saturated carbocycles. The summed E-state index contributed by atoms with van der Waals surface area (Å²) in [6.07, 6.45) is 20.5. The summed E-state index contributed by atoms with van der Waals surface area (Å²) >= 11 is 0. The van der Waals surface area contributed by atoms with E-state index in [1.165, 1.54) is 83.5 Å². The highest BCUT2D eigenvalue weighted by Crippen LogP contribution is 2.17. The molecule has 0 fully saturated rings. The lowest BCUT2D eigenvalue weighted by atomic mass is 9.96. The van der Waals surface area contributed by atoms with Gasteiger partial charge < -0.3 is 0 Å². The minimum atomic E-state index is 0.782. The first-order valence-corrected chi connectivity index (χ1v) is 8.47. The molecule has 0 bridgehead atoms. The Morgan fingerprint density at radius 3 is 1.61 bits per heavy atom. The second-order valence-electron chi connectivity index (χ2n) is 5.76. The van der Waals surface area contributed by atoms with Gasteiger partial charge in [0.1, 0.15) is 0 Å². The zero-order valence-corrected chi connectivity index (χ0v) is 13.1. The highest BCUT2D eigenvalue weighted by atomic mass is 14.1. The molecule has 1 atom stereocenters. The van der Waals surface area contributed by atoms with Crippen LogP contribution < -0.4 is 0 Å². The maximum atomic E-state index is 3.94. The van der Waals surface area contributed by atoms with Crippen LogP contribution >= 0.6 is 0 Å². The molecule has 0 heterocycles. The predicted octanol–water partition coefficient (Wildman–Crippen LogP) is 6.90. The summed E-state index contributed by atoms with van der Waals surface area (Å²) in [5, 5.41) is 0. The highest BCUT2D eigenvalue weighted by Gasteiger charge is 2.01. The van der Waals surface area contributed by atoms with Gasteiger partial charge in [-0.2, -0.15) is 0 Å². The van der Waals surface area contributed by atoms with Gasteiger partial charge in [0.2, 0.25) is 0 Å². The summed E-state index contributed by atoms with van der Waals surface area (Å²) in [6.45, 7) is 8.50. The first kappa shape index (κ1) is 17.7. The van der Waals surface area contributed by atoms with E-state index in [1.807, 2.05) is 0 Å². The molecule has 0 amide bonds. The van der Waals surface area contributed by atoms with Crippen molar-refractivity contribution in [3.05, 3.63) is 12.7 Å². The van der Waals surface area contributed by atoms with Crippen LogP contribution in [0, 0.1) is 5.92 Å². The summed E-state index contributed by atoms with van der Waals surface area (Å²) in [7, 11) is 0. The van der Waals surface area contributed by atoms with Gasteiger partial charge in [-0.1, -0.05) is 90.6 Å². The molecule has 0 aromatic rings. The average molecular weight is 252 g/mol. The molecule has 0 spiro atoms. The summed E-state index contributed by atoms with van der Waals surface area (Å²) in [5.41, 5.74) is 0. The molecular formula is C18H36. The Labute approximate surface area is 116 Å². The topological polar surface area (TPSA) is 0 Å². The van der Waals surface area contributed by atoms with E-state index in [-0.39, 0.29) is 0 Å². The van der Waals surface area contributed by atoms with E-state index in [4.69, 9.17) is 0 Å². The number of rotatable bonds is 14. The zero-order chi connectivity index (χ0) is 13.5. The van der Waals surface area contributed by atoms with Crippen molar-refractivity contribution in [1.82, 2.24) is 0 Å². The minimum absolute atomic E-state index is 0.782. The van der Waals surface area contributed by atoms with Gasteiger partial charge >= 0.3 is 0 Å². The van der Waals surface area contributed by atoms with E-state index in [2.05, 4.69) is 26.5 Å². The molecule has 108 valence electrons. The van der Waals surface area contributed by atoms with E-state index in [9.17, 15) is 0 Å². The van der Waals surface area contributed by atoms with Gasteiger partial charge in [-0.15, -0.1) is 6.58 Å². The SMILES string of the molecule is C=CC(CCC)CCCCCCCCCCCC. The normalized spacial score (nSPS) is 12.6. The Morgan fingerprint density at radius 2 is 1.17 bits per heavy atom. The third kappa shape index (κ3) is 12.2. The molecule has 1 unspecified atom stereocenters. The Kier molecular flexibility index (Phi) is 14.6. The van der Waals surface area contributed by atoms with Crippen molar-refractivity contribution in [2.24, 2.45) is 5.92 Å². The van der Waals surface area contributed by atoms with Gasteiger partial charge in [-0.05, 0) is 18.8 Å². The molecule has 0 aliphatic heterocycles. The molecule has 0 N–H and O–H groups in total. The molecule has 0 aromatic carbocycles. The summed E-state index contributed by atoms with van der Waals surface area (Å²) in [5.74, 6) is 0.782. The number of unbranched alkanes of at least 4 members (excludes halogenated alkanes) is 9. The Balaban J connectivity index is 3.13. The zero-order valence-electron chi connectivity index (χ0n) is 13.1. The van der Waals surface area contributed by atoms with Gasteiger partial charge in [0.15, 0.2) is 0 Å². The lowest BCUT2D eigenvalue weighted by Gasteiger charge is -2.10. The molecule has 0 saturated heterocycles. The summed E-state index contributed by atoms with van der Waals surface area (Å²) in [4.78, 5) is 0. The fraction of sp³-hybridized carbons (Fsp3) is 0.889. The van der Waals surface area contributed by atoms with Crippen LogP contribution in [0.5, 0.6) is 0 Å². The average Bonchev–Trinajstić information content (AvgIpc) is 2.39. The van der Waals surface area contributed by atoms with Crippen molar-refractivity contribution >= 4 is 0 Å². The number of hydrogen-bond acceptors (Lipinski definition) is 0. The van der Waals surface area contributed by atoms with Crippen molar-refractivity contribution in [2.45, 2.75) is 97.3 Å². The van der Waals surface area contributed by atoms with Crippen molar-refractivity contribution < 1.29 is 0 Å². The van der Waals surface area contributed by atoms with Gasteiger partial charge in [-0.25, -0.2) is 0 Å². The van der Waals surface area contributed by atoms with Crippen LogP contribution in [0.25, 0.3) is 0 Å². The first-order valence-electron chi connectivity index (χ1n) is 8.47. The molecule has 0 aromatic heterocycles. The molecule has 0 radical (unpaired) electrons. The number of allylic oxidation sites excluding steroid dienone is 1. The van der Waals surface area contributed by atoms with Crippen LogP contribution in [0.15, 0.2) is 12.7 Å². The first-order chi connectivity index (χ1) is 8.85. The van der Waals surface area contributed by atoms with Gasteiger partial charge in [0.25, 0.3) is 0 Å². The second kappa shape index (κ2) is 14.8. The lowest BCUT2D eigenvalue weighted by Crippen LogP contribution is -1.95. The lowest BCUT2D eigenvalue weighted by molar-refractivity contribution is 0.486. The van der Waals surface area contributed by atoms with E-state index >= 15 is 0 Å². The second-order valence-corrected chi connectivity index (χ2v) is 5.76. The van der Waals surface area contributed by atoms with Gasteiger partial charge in [-0.3, -0.25) is 0 Å². The maximum absolute atomic E-state index is 3.94. The maximum Gasteiger partial charge on any atom is -0.0236 e. The monoisotopic (exact) mass is 252 g/mol. The van der Waals surface area contributed by atoms with Gasteiger partial charge in [0.05, 0.1) is 0 Å². The van der Waals surface area contributed by atoms with Crippen molar-refractivity contribution in [3.8, 4) is 0 Å². The minimum Gasteiger partial charge on any atom is -0.103 e. The molecular weight excluding hydrogens is 216 g/mol. The Hall–Kier alpha value is -0.260. The fourth-order valence-corrected chi connectivity index (χ4v) is 2.64. The highest BCUT2D eigenvalue weighted by molar-refractivity contribution is 4.78. The fourth-order valence-electron chi connectivity index (χ4n) is 2.64. The molecule has 0 aliphatic rings. The molecule has 18 heavy (non-hydrogen) atoms. The van der Waals surface area contributed by atoms with Crippen LogP contribution in [0.4, 0.5) is 0 Å². The van der Waals surface area contributed by atoms with Crippen molar-refractivity contribution in [3.63, 3.8) is 0 Å². The molecule has 0 aliphatic carbocycles. The summed E-state index contributed by atoms with van der Waals surface area (Å²) < 4.78 is 0.